The highest BCUT2D eigenvalue weighted by atomic mass is 19.1. The number of carbonyl (C=O) groups excluding carboxylic acids is 2. The van der Waals surface area contributed by atoms with Gasteiger partial charge in [-0.2, -0.15) is 0 Å². The van der Waals surface area contributed by atoms with Crippen LogP contribution in [0.1, 0.15) is 55.1 Å². The maximum Gasteiger partial charge on any atom is 0.258 e. The van der Waals surface area contributed by atoms with E-state index in [-0.39, 0.29) is 17.6 Å². The molecule has 4 rings (SSSR count). The molecule has 0 radical (unpaired) electrons. The molecule has 5 heteroatoms. The van der Waals surface area contributed by atoms with Crippen molar-refractivity contribution >= 4 is 12.2 Å². The molecule has 3 aromatic rings. The average molecular weight is 457 g/mol. The second kappa shape index (κ2) is 10.5. The van der Waals surface area contributed by atoms with Crippen molar-refractivity contribution in [2.45, 2.75) is 45.6 Å². The lowest BCUT2D eigenvalue weighted by atomic mass is 9.94. The van der Waals surface area contributed by atoms with Crippen molar-refractivity contribution in [3.05, 3.63) is 95.6 Å². The van der Waals surface area contributed by atoms with Crippen LogP contribution in [0.5, 0.6) is 0 Å². The number of aldehydes is 1. The monoisotopic (exact) mass is 456 g/mol. The molecule has 0 saturated carbocycles. The van der Waals surface area contributed by atoms with Crippen molar-refractivity contribution in [1.29, 1.82) is 0 Å². The third-order valence-electron chi connectivity index (χ3n) is 5.98. The van der Waals surface area contributed by atoms with Crippen LogP contribution in [0.15, 0.2) is 78.5 Å². The first-order valence-corrected chi connectivity index (χ1v) is 11.7. The summed E-state index contributed by atoms with van der Waals surface area (Å²) in [6.45, 7) is 4.53. The van der Waals surface area contributed by atoms with Crippen molar-refractivity contribution in [2.24, 2.45) is 0 Å². The summed E-state index contributed by atoms with van der Waals surface area (Å²) in [7, 11) is 0. The minimum absolute atomic E-state index is 0.0138. The Morgan fingerprint density at radius 1 is 1.06 bits per heavy atom. The van der Waals surface area contributed by atoms with Crippen LogP contribution in [-0.4, -0.2) is 16.8 Å². The van der Waals surface area contributed by atoms with Crippen molar-refractivity contribution in [3.8, 4) is 22.4 Å². The highest BCUT2D eigenvalue weighted by Gasteiger charge is 2.30. The molecule has 0 aliphatic heterocycles. The first-order chi connectivity index (χ1) is 16.5. The van der Waals surface area contributed by atoms with Gasteiger partial charge < -0.3 is 14.7 Å². The molecule has 2 aromatic carbocycles. The fourth-order valence-corrected chi connectivity index (χ4v) is 4.57. The van der Waals surface area contributed by atoms with Gasteiger partial charge in [0, 0.05) is 29.9 Å². The van der Waals surface area contributed by atoms with Crippen molar-refractivity contribution < 1.29 is 14.0 Å². The molecule has 0 saturated heterocycles. The van der Waals surface area contributed by atoms with E-state index in [0.717, 1.165) is 52.9 Å². The van der Waals surface area contributed by atoms with Crippen molar-refractivity contribution in [3.63, 3.8) is 0 Å². The van der Waals surface area contributed by atoms with Gasteiger partial charge in [0.1, 0.15) is 12.1 Å². The Kier molecular flexibility index (Phi) is 7.21. The normalized spacial score (nSPS) is 13.1. The molecule has 0 atom stereocenters. The van der Waals surface area contributed by atoms with Crippen LogP contribution in [0.4, 0.5) is 4.39 Å². The van der Waals surface area contributed by atoms with Crippen molar-refractivity contribution in [1.82, 2.24) is 9.88 Å². The van der Waals surface area contributed by atoms with Gasteiger partial charge in [0.25, 0.3) is 5.91 Å². The largest absolute Gasteiger partial charge is 0.343 e. The van der Waals surface area contributed by atoms with Gasteiger partial charge in [-0.05, 0) is 60.2 Å². The number of rotatable bonds is 8. The zero-order valence-corrected chi connectivity index (χ0v) is 19.6. The Morgan fingerprint density at radius 2 is 1.79 bits per heavy atom. The van der Waals surface area contributed by atoms with Gasteiger partial charge in [0.15, 0.2) is 0 Å². The van der Waals surface area contributed by atoms with Gasteiger partial charge in [0.2, 0.25) is 0 Å². The van der Waals surface area contributed by atoms with E-state index in [9.17, 15) is 14.0 Å². The molecule has 174 valence electrons. The average Bonchev–Trinajstić information content (AvgIpc) is 3.20. The Morgan fingerprint density at radius 3 is 2.41 bits per heavy atom. The minimum Gasteiger partial charge on any atom is -0.343 e. The predicted molar refractivity (Wildman–Crippen MR) is 134 cm³/mol. The van der Waals surface area contributed by atoms with E-state index in [2.05, 4.69) is 16.0 Å². The fraction of sp³-hybridized carbons (Fsp3) is 0.241. The van der Waals surface area contributed by atoms with Gasteiger partial charge in [-0.25, -0.2) is 4.39 Å². The van der Waals surface area contributed by atoms with Crippen LogP contribution in [0.3, 0.4) is 0 Å². The lowest BCUT2D eigenvalue weighted by molar-refractivity contribution is -0.108. The molecule has 0 spiro atoms. The molecule has 1 N–H and O–H groups in total. The van der Waals surface area contributed by atoms with Crippen molar-refractivity contribution in [2.75, 3.05) is 0 Å². The number of amides is 1. The maximum atomic E-state index is 13.8. The number of benzene rings is 2. The van der Waals surface area contributed by atoms with E-state index in [1.807, 2.05) is 56.3 Å². The maximum absolute atomic E-state index is 13.8. The lowest BCUT2D eigenvalue weighted by Gasteiger charge is -2.16. The van der Waals surface area contributed by atoms with E-state index >= 15 is 0 Å². The molecule has 1 aliphatic rings. The molecule has 0 fully saturated rings. The summed E-state index contributed by atoms with van der Waals surface area (Å²) in [6, 6.07) is 16.1. The van der Waals surface area contributed by atoms with Crippen LogP contribution in [0, 0.1) is 5.82 Å². The number of aromatic nitrogens is 1. The molecular weight excluding hydrogens is 427 g/mol. The molecule has 4 nitrogen and oxygen atoms in total. The molecule has 1 amide bonds. The molecule has 0 unspecified atom stereocenters. The predicted octanol–water partition coefficient (Wildman–Crippen LogP) is 6.64. The molecule has 0 bridgehead atoms. The Bertz CT molecular complexity index is 1240. The summed E-state index contributed by atoms with van der Waals surface area (Å²) < 4.78 is 15.9. The SMILES string of the molecule is CC(C)c1c(C(=O)NC2=CCCC=C2)c(-c2ccccc2)c(-c2ccc(F)cc2)n1CCC=O. The number of allylic oxidation sites excluding steroid dienone is 3. The van der Waals surface area contributed by atoms with Crippen LogP contribution in [-0.2, 0) is 11.3 Å². The Balaban J connectivity index is 2.02. The molecule has 34 heavy (non-hydrogen) atoms. The van der Waals surface area contributed by atoms with E-state index in [1.54, 1.807) is 12.1 Å². The zero-order valence-electron chi connectivity index (χ0n) is 19.6. The number of nitrogens with zero attached hydrogens (tertiary/aromatic N) is 1. The van der Waals surface area contributed by atoms with E-state index in [0.29, 0.717) is 18.5 Å². The fourth-order valence-electron chi connectivity index (χ4n) is 4.57. The second-order valence-corrected chi connectivity index (χ2v) is 8.71. The highest BCUT2D eigenvalue weighted by molar-refractivity contribution is 6.07. The lowest BCUT2D eigenvalue weighted by Crippen LogP contribution is -2.24. The van der Waals surface area contributed by atoms with E-state index in [1.165, 1.54) is 12.1 Å². The molecule has 1 aliphatic carbocycles. The van der Waals surface area contributed by atoms with Crippen LogP contribution in [0.25, 0.3) is 22.4 Å². The molecular formula is C29H29FN2O2. The number of hydrogen-bond acceptors (Lipinski definition) is 2. The third kappa shape index (κ3) is 4.79. The van der Waals surface area contributed by atoms with Gasteiger partial charge in [-0.15, -0.1) is 0 Å². The number of halogens is 1. The number of nitrogens with one attached hydrogen (secondary N) is 1. The van der Waals surface area contributed by atoms with Gasteiger partial charge >= 0.3 is 0 Å². The number of carbonyl (C=O) groups is 2. The molecule has 1 heterocycles. The molecule has 1 aromatic heterocycles. The smallest absolute Gasteiger partial charge is 0.258 e. The zero-order chi connectivity index (χ0) is 24.1. The third-order valence-corrected chi connectivity index (χ3v) is 5.98. The van der Waals surface area contributed by atoms with Gasteiger partial charge in [0.05, 0.1) is 11.3 Å². The topological polar surface area (TPSA) is 51.1 Å². The quantitative estimate of drug-likeness (QED) is 0.387. The summed E-state index contributed by atoms with van der Waals surface area (Å²) in [5, 5.41) is 3.09. The van der Waals surface area contributed by atoms with Gasteiger partial charge in [-0.1, -0.05) is 56.3 Å². The Labute approximate surface area is 199 Å². The van der Waals surface area contributed by atoms with E-state index < -0.39 is 0 Å². The number of hydrogen-bond donors (Lipinski definition) is 1. The van der Waals surface area contributed by atoms with Crippen LogP contribution >= 0.6 is 0 Å². The Hall–Kier alpha value is -3.73. The summed E-state index contributed by atoms with van der Waals surface area (Å²) in [4.78, 5) is 25.2. The van der Waals surface area contributed by atoms with Gasteiger partial charge in [-0.3, -0.25) is 4.79 Å². The van der Waals surface area contributed by atoms with Crippen LogP contribution < -0.4 is 5.32 Å². The first kappa shape index (κ1) is 23.4. The first-order valence-electron chi connectivity index (χ1n) is 11.7. The highest BCUT2D eigenvalue weighted by Crippen LogP contribution is 2.42. The summed E-state index contributed by atoms with van der Waals surface area (Å²) in [5.74, 6) is -0.498. The van der Waals surface area contributed by atoms with E-state index in [4.69, 9.17) is 0 Å². The summed E-state index contributed by atoms with van der Waals surface area (Å²) in [5.41, 5.74) is 5.53. The standard InChI is InChI=1S/C29H29FN2O2/c1-20(2)27-26(29(34)31-24-12-7-4-8-13-24)25(21-10-5-3-6-11-21)28(32(27)18-9-19-33)22-14-16-23(30)17-15-22/h3,5-7,10-17,19-20H,4,8-9,18H2,1-2H3,(H,31,34). The minimum atomic E-state index is -0.325. The summed E-state index contributed by atoms with van der Waals surface area (Å²) >= 11 is 0. The summed E-state index contributed by atoms with van der Waals surface area (Å²) in [6.07, 6.45) is 9.06. The second-order valence-electron chi connectivity index (χ2n) is 8.71. The van der Waals surface area contributed by atoms with Crippen LogP contribution in [0.2, 0.25) is 0 Å².